The van der Waals surface area contributed by atoms with Crippen LogP contribution in [0.1, 0.15) is 17.3 Å². The summed E-state index contributed by atoms with van der Waals surface area (Å²) in [4.78, 5) is 44.1. The monoisotopic (exact) mass is 401 g/mol. The first kappa shape index (κ1) is 19.0. The van der Waals surface area contributed by atoms with Crippen molar-refractivity contribution in [2.45, 2.75) is 11.9 Å². The lowest BCUT2D eigenvalue weighted by Gasteiger charge is -2.07. The Bertz CT molecular complexity index is 986. The molecule has 0 saturated heterocycles. The summed E-state index contributed by atoms with van der Waals surface area (Å²) >= 11 is 2.74. The van der Waals surface area contributed by atoms with Crippen LogP contribution in [0.4, 0.5) is 5.69 Å². The number of aromatic nitrogens is 2. The van der Waals surface area contributed by atoms with E-state index in [1.807, 2.05) is 11.4 Å². The van der Waals surface area contributed by atoms with Gasteiger partial charge in [-0.25, -0.2) is 9.97 Å². The maximum absolute atomic E-state index is 11.9. The van der Waals surface area contributed by atoms with Crippen molar-refractivity contribution in [1.29, 1.82) is 0 Å². The summed E-state index contributed by atoms with van der Waals surface area (Å²) < 4.78 is 4.99. The molecule has 138 valence electrons. The summed E-state index contributed by atoms with van der Waals surface area (Å²) in [6.07, 6.45) is 1.46. The van der Waals surface area contributed by atoms with E-state index < -0.39 is 11.9 Å². The van der Waals surface area contributed by atoms with Gasteiger partial charge in [-0.3, -0.25) is 14.4 Å². The van der Waals surface area contributed by atoms with Gasteiger partial charge >= 0.3 is 5.97 Å². The number of benzene rings is 1. The number of ketones is 1. The fourth-order valence-corrected chi connectivity index (χ4v) is 3.76. The van der Waals surface area contributed by atoms with Crippen molar-refractivity contribution in [3.8, 4) is 0 Å². The minimum absolute atomic E-state index is 0.0442. The molecule has 0 atom stereocenters. The number of hydrogen-bond donors (Lipinski definition) is 1. The smallest absolute Gasteiger partial charge is 0.316 e. The molecule has 0 spiro atoms. The molecule has 2 aromatic heterocycles. The van der Waals surface area contributed by atoms with Gasteiger partial charge in [0, 0.05) is 16.6 Å². The molecule has 2 heterocycles. The molecule has 1 aromatic carbocycles. The molecule has 7 nitrogen and oxygen atoms in total. The largest absolute Gasteiger partial charge is 0.455 e. The predicted molar refractivity (Wildman–Crippen MR) is 104 cm³/mol. The fraction of sp³-hybridized carbons (Fsp3) is 0.167. The summed E-state index contributed by atoms with van der Waals surface area (Å²) in [6, 6.07) is 8.38. The van der Waals surface area contributed by atoms with E-state index in [0.29, 0.717) is 16.3 Å². The Hall–Kier alpha value is -2.78. The second kappa shape index (κ2) is 8.74. The van der Waals surface area contributed by atoms with Crippen molar-refractivity contribution in [2.75, 3.05) is 17.7 Å². The number of hydrogen-bond acceptors (Lipinski definition) is 8. The van der Waals surface area contributed by atoms with Gasteiger partial charge in [-0.1, -0.05) is 11.8 Å². The van der Waals surface area contributed by atoms with E-state index in [1.54, 1.807) is 24.3 Å². The van der Waals surface area contributed by atoms with E-state index in [0.717, 1.165) is 10.2 Å². The van der Waals surface area contributed by atoms with Crippen molar-refractivity contribution < 1.29 is 19.1 Å². The third-order valence-corrected chi connectivity index (χ3v) is 5.29. The minimum Gasteiger partial charge on any atom is -0.455 e. The van der Waals surface area contributed by atoms with Crippen LogP contribution in [0.25, 0.3) is 10.2 Å². The van der Waals surface area contributed by atoms with Gasteiger partial charge in [-0.15, -0.1) is 11.3 Å². The van der Waals surface area contributed by atoms with Crippen LogP contribution >= 0.6 is 23.1 Å². The normalized spacial score (nSPS) is 10.6. The molecule has 0 aliphatic heterocycles. The SMILES string of the molecule is CC(=O)c1ccc(NC(=O)COC(=O)CSc2ncnc3sccc23)cc1. The first-order chi connectivity index (χ1) is 13.0. The molecule has 3 rings (SSSR count). The van der Waals surface area contributed by atoms with Gasteiger partial charge < -0.3 is 10.1 Å². The van der Waals surface area contributed by atoms with Crippen molar-refractivity contribution in [1.82, 2.24) is 9.97 Å². The van der Waals surface area contributed by atoms with Crippen LogP contribution in [-0.4, -0.2) is 40.0 Å². The van der Waals surface area contributed by atoms with Crippen LogP contribution in [0.15, 0.2) is 47.1 Å². The summed E-state index contributed by atoms with van der Waals surface area (Å²) in [5.74, 6) is -0.972. The zero-order valence-corrected chi connectivity index (χ0v) is 15.9. The third-order valence-electron chi connectivity index (χ3n) is 3.49. The quantitative estimate of drug-likeness (QED) is 0.281. The fourth-order valence-electron chi connectivity index (χ4n) is 2.18. The number of fused-ring (bicyclic) bond motifs is 1. The van der Waals surface area contributed by atoms with E-state index in [-0.39, 0.29) is 18.1 Å². The Morgan fingerprint density at radius 3 is 2.67 bits per heavy atom. The van der Waals surface area contributed by atoms with Gasteiger partial charge in [0.2, 0.25) is 0 Å². The Balaban J connectivity index is 1.45. The Kier molecular flexibility index (Phi) is 6.15. The number of ether oxygens (including phenoxy) is 1. The summed E-state index contributed by atoms with van der Waals surface area (Å²) in [5.41, 5.74) is 1.08. The number of carbonyl (C=O) groups excluding carboxylic acids is 3. The first-order valence-electron chi connectivity index (χ1n) is 7.90. The van der Waals surface area contributed by atoms with Gasteiger partial charge in [0.25, 0.3) is 5.91 Å². The highest BCUT2D eigenvalue weighted by atomic mass is 32.2. The van der Waals surface area contributed by atoms with E-state index >= 15 is 0 Å². The van der Waals surface area contributed by atoms with Crippen molar-refractivity contribution in [3.05, 3.63) is 47.6 Å². The molecule has 1 amide bonds. The van der Waals surface area contributed by atoms with E-state index in [9.17, 15) is 14.4 Å². The van der Waals surface area contributed by atoms with Gasteiger partial charge in [0.15, 0.2) is 12.4 Å². The highest BCUT2D eigenvalue weighted by molar-refractivity contribution is 8.00. The van der Waals surface area contributed by atoms with Gasteiger partial charge in [-0.05, 0) is 42.6 Å². The van der Waals surface area contributed by atoms with Crippen LogP contribution in [-0.2, 0) is 14.3 Å². The molecule has 0 aliphatic rings. The van der Waals surface area contributed by atoms with Crippen LogP contribution < -0.4 is 5.32 Å². The standard InChI is InChI=1S/C18H15N3O4S2/c1-11(22)12-2-4-13(5-3-12)21-15(23)8-25-16(24)9-27-18-14-6-7-26-17(14)19-10-20-18/h2-7,10H,8-9H2,1H3,(H,21,23). The number of rotatable bonds is 7. The molecule has 9 heteroatoms. The van der Waals surface area contributed by atoms with Crippen LogP contribution in [0.3, 0.4) is 0 Å². The Labute approximate surface area is 163 Å². The first-order valence-corrected chi connectivity index (χ1v) is 9.77. The average molecular weight is 401 g/mol. The highest BCUT2D eigenvalue weighted by Gasteiger charge is 2.11. The molecule has 0 bridgehead atoms. The molecule has 0 unspecified atom stereocenters. The number of Topliss-reactive ketones (excluding diaryl/α,β-unsaturated/α-hetero) is 1. The average Bonchev–Trinajstić information content (AvgIpc) is 3.14. The van der Waals surface area contributed by atoms with Gasteiger partial charge in [-0.2, -0.15) is 0 Å². The number of esters is 1. The summed E-state index contributed by atoms with van der Waals surface area (Å²) in [6.45, 7) is 1.08. The Morgan fingerprint density at radius 2 is 1.93 bits per heavy atom. The zero-order chi connectivity index (χ0) is 19.2. The second-order valence-corrected chi connectivity index (χ2v) is 7.31. The molecular weight excluding hydrogens is 386 g/mol. The van der Waals surface area contributed by atoms with Gasteiger partial charge in [0.05, 0.1) is 5.75 Å². The molecule has 0 fully saturated rings. The van der Waals surface area contributed by atoms with E-state index in [4.69, 9.17) is 4.74 Å². The van der Waals surface area contributed by atoms with E-state index in [1.165, 1.54) is 36.3 Å². The zero-order valence-electron chi connectivity index (χ0n) is 14.3. The van der Waals surface area contributed by atoms with Crippen LogP contribution in [0.2, 0.25) is 0 Å². The van der Waals surface area contributed by atoms with Crippen LogP contribution in [0, 0.1) is 0 Å². The van der Waals surface area contributed by atoms with E-state index in [2.05, 4.69) is 15.3 Å². The number of thioether (sulfide) groups is 1. The van der Waals surface area contributed by atoms with Gasteiger partial charge in [0.1, 0.15) is 16.2 Å². The second-order valence-electron chi connectivity index (χ2n) is 5.45. The molecular formula is C18H15N3O4S2. The molecule has 0 aliphatic carbocycles. The maximum atomic E-state index is 11.9. The number of carbonyl (C=O) groups is 3. The third kappa shape index (κ3) is 5.11. The number of thiophene rings is 1. The molecule has 3 aromatic rings. The molecule has 0 radical (unpaired) electrons. The summed E-state index contributed by atoms with van der Waals surface area (Å²) in [7, 11) is 0. The van der Waals surface area contributed by atoms with Crippen molar-refractivity contribution >= 4 is 56.7 Å². The maximum Gasteiger partial charge on any atom is 0.316 e. The summed E-state index contributed by atoms with van der Waals surface area (Å²) in [5, 5.41) is 6.11. The van der Waals surface area contributed by atoms with Crippen LogP contribution in [0.5, 0.6) is 0 Å². The number of anilines is 1. The number of nitrogens with one attached hydrogen (secondary N) is 1. The lowest BCUT2D eigenvalue weighted by atomic mass is 10.1. The highest BCUT2D eigenvalue weighted by Crippen LogP contribution is 2.27. The minimum atomic E-state index is -0.510. The number of nitrogens with zero attached hydrogens (tertiary/aromatic N) is 2. The number of amides is 1. The predicted octanol–water partition coefficient (Wildman–Crippen LogP) is 3.17. The molecule has 27 heavy (non-hydrogen) atoms. The Morgan fingerprint density at radius 1 is 1.15 bits per heavy atom. The topological polar surface area (TPSA) is 98.2 Å². The lowest BCUT2D eigenvalue weighted by Crippen LogP contribution is -2.21. The van der Waals surface area contributed by atoms with Crippen molar-refractivity contribution in [2.24, 2.45) is 0 Å². The van der Waals surface area contributed by atoms with Crippen molar-refractivity contribution in [3.63, 3.8) is 0 Å². The molecule has 0 saturated carbocycles. The molecule has 1 N–H and O–H groups in total. The lowest BCUT2D eigenvalue weighted by molar-refractivity contribution is -0.144.